The molecular formula is C80H145B5N20O40S5. The van der Waals surface area contributed by atoms with E-state index in [1.165, 1.54) is 12.1 Å². The number of carboxylic acid groups (broad SMARTS) is 10. The van der Waals surface area contributed by atoms with Gasteiger partial charge in [-0.25, -0.2) is 0 Å². The van der Waals surface area contributed by atoms with Gasteiger partial charge in [-0.3, -0.25) is 52.3 Å². The summed E-state index contributed by atoms with van der Waals surface area (Å²) in [5.41, 5.74) is 49.6. The molecule has 2 aromatic rings. The maximum Gasteiger partial charge on any atom is 0.451 e. The van der Waals surface area contributed by atoms with Crippen LogP contribution in [0.4, 0.5) is 5.69 Å². The molecule has 5 saturated heterocycles. The summed E-state index contributed by atoms with van der Waals surface area (Å²) in [5, 5.41) is 183. The fourth-order valence-corrected chi connectivity index (χ4v) is 27.0. The Balaban J connectivity index is 0.000000330. The minimum Gasteiger partial charge on any atom is -0.480 e. The van der Waals surface area contributed by atoms with E-state index < -0.39 is 299 Å². The van der Waals surface area contributed by atoms with Gasteiger partial charge in [0.25, 0.3) is 40.8 Å². The second-order valence-electron chi connectivity index (χ2n) is 39.3. The number of hydrogen-bond donors (Lipinski definition) is 30. The van der Waals surface area contributed by atoms with Gasteiger partial charge in [-0.2, -0.15) is 80.8 Å². The molecule has 5 unspecified atom stereocenters. The van der Waals surface area contributed by atoms with Crippen LogP contribution < -0.4 is 61.6 Å². The molecule has 2 aromatic carbocycles. The van der Waals surface area contributed by atoms with Crippen molar-refractivity contribution in [1.82, 2.24) is 38.7 Å². The number of rotatable bonds is 58. The third-order valence-corrected chi connectivity index (χ3v) is 36.6. The lowest BCUT2D eigenvalue weighted by Crippen LogP contribution is -2.57. The zero-order valence-electron chi connectivity index (χ0n) is 82.9. The van der Waals surface area contributed by atoms with Crippen molar-refractivity contribution < 1.29 is 191 Å². The third-order valence-electron chi connectivity index (χ3n) is 27.2. The highest BCUT2D eigenvalue weighted by Crippen LogP contribution is 2.42. The van der Waals surface area contributed by atoms with Crippen molar-refractivity contribution in [3.63, 3.8) is 0 Å². The molecule has 0 amide bonds. The number of hydrogen-bond acceptors (Lipinski definition) is 40. The second kappa shape index (κ2) is 57.0. The molecular weight excluding hydrogens is 2100 g/mol. The molecule has 850 valence electrons. The summed E-state index contributed by atoms with van der Waals surface area (Å²) in [6.45, 7) is -2.25. The average Bonchev–Trinajstić information content (AvgIpc) is 1.54. The fraction of sp³-hybridized carbons (Fsp3) is 0.725. The Morgan fingerprint density at radius 1 is 0.340 bits per heavy atom. The molecule has 5 heterocycles. The molecule has 2 aliphatic carbocycles. The monoisotopic (exact) mass is 2240 g/mol. The van der Waals surface area contributed by atoms with Crippen molar-refractivity contribution in [2.75, 3.05) is 116 Å². The summed E-state index contributed by atoms with van der Waals surface area (Å²) in [5.74, 6) is -17.4. The Labute approximate surface area is 870 Å². The number of nitrogens with two attached hydrogens (primary N) is 10. The summed E-state index contributed by atoms with van der Waals surface area (Å²) in [6, 6.07) is 8.60. The summed E-state index contributed by atoms with van der Waals surface area (Å²) < 4.78 is 142. The normalized spacial score (nSPS) is 24.6. The van der Waals surface area contributed by atoms with Gasteiger partial charge in [0, 0.05) is 147 Å². The van der Waals surface area contributed by atoms with E-state index in [2.05, 4.69) is 0 Å². The van der Waals surface area contributed by atoms with E-state index in [4.69, 9.17) is 133 Å². The topological polar surface area (TPSA) is 1040 Å². The van der Waals surface area contributed by atoms with E-state index in [1.54, 1.807) is 62.4 Å². The van der Waals surface area contributed by atoms with Crippen LogP contribution in [0.5, 0.6) is 0 Å². The predicted octanol–water partition coefficient (Wildman–Crippen LogP) is -11.4. The molecule has 5 aliphatic heterocycles. The van der Waals surface area contributed by atoms with Crippen LogP contribution in [-0.4, -0.2) is 453 Å². The van der Waals surface area contributed by atoms with Crippen LogP contribution >= 0.6 is 0 Å². The molecule has 0 aromatic heterocycles. The molecule has 60 nitrogen and oxygen atoms in total. The average molecular weight is 2240 g/mol. The van der Waals surface area contributed by atoms with Crippen LogP contribution in [0.15, 0.2) is 60.7 Å². The highest BCUT2D eigenvalue weighted by atomic mass is 32.2. The second-order valence-corrected chi connectivity index (χ2v) is 48.8. The highest BCUT2D eigenvalue weighted by Gasteiger charge is 2.60. The number of benzene rings is 2. The first-order valence-electron chi connectivity index (χ1n) is 48.0. The first-order valence-corrected chi connectivity index (χ1v) is 55.0. The summed E-state index contributed by atoms with van der Waals surface area (Å²) in [4.78, 5) is 115. The lowest BCUT2D eigenvalue weighted by atomic mass is 9.78. The first kappa shape index (κ1) is 132. The van der Waals surface area contributed by atoms with Crippen LogP contribution in [0.25, 0.3) is 0 Å². The van der Waals surface area contributed by atoms with Gasteiger partial charge in [0.2, 0.25) is 0 Å². The smallest absolute Gasteiger partial charge is 0.451 e. The fourth-order valence-electron chi connectivity index (χ4n) is 17.8. The summed E-state index contributed by atoms with van der Waals surface area (Å²) in [7, 11) is -29.1. The Kier molecular flexibility index (Phi) is 50.3. The standard InChI is InChI=1S/C18H29BN4O8S.C17H27BN4O8S.2C15H29BN4O8S.C15H31BN4O8S/c20-15(16(24)25)11-22(9-13-5-2-1-3-6-13)32(30,31)23-10-14(7-4-8-19(28)29)18(21,12-23)17(26)27;19-14(15(23)24)10-22(13-6-2-1-3-7-13)31(29,30)21-9-12(5-4-8-18(27)28)17(20,11-21)16(25)26;17-12(13(21)22)8-20(11-4-1-5-11)29(27,28)19-7-10(3-2-6-16(25)26)15(18,9-19)14(23)24;17-12(13(21)22)8-19(6-10-3-4-10)29(27,28)20-7-11(2-1-5-16(25)26)15(18,9-20)14(23)24;1-10(2)6-19(8-12(17)13(21)22)29(27,28)20-7-11(4-3-5-16(25)26)15(18,9-20)14(23)24/h1-3,5-6,14-15,28-29H,4,7-12,20-21H2,(H,24,25)(H,26,27);1-3,6-7,12,14,27-28H,4-5,8-11,19-20H2,(H,23,24)(H,25,26);2*10-12,25-26H,1-9,17-18H2,(H,21,22)(H,23,24);10-12,25-26H,3-9,17-18H2,1-2H3,(H,21,22)(H,23,24)/t14-,15?,18-;12-,14?,17-;10-,12?,15-;2*11-,12?,15-/m00000/s1. The Bertz CT molecular complexity index is 5310. The number of anilines is 1. The minimum absolute atomic E-state index is 0.00578. The third kappa shape index (κ3) is 36.5. The van der Waals surface area contributed by atoms with Gasteiger partial charge < -0.3 is 159 Å². The van der Waals surface area contributed by atoms with Gasteiger partial charge in [-0.05, 0) is 119 Å². The molecule has 7 fully saturated rings. The van der Waals surface area contributed by atoms with Crippen molar-refractivity contribution in [2.45, 2.75) is 212 Å². The van der Waals surface area contributed by atoms with E-state index in [0.29, 0.717) is 18.4 Å². The summed E-state index contributed by atoms with van der Waals surface area (Å²) in [6.07, 6.45) is 5.78. The molecule has 0 spiro atoms. The van der Waals surface area contributed by atoms with Crippen LogP contribution in [0.2, 0.25) is 31.6 Å². The van der Waals surface area contributed by atoms with Crippen LogP contribution in [0, 0.1) is 41.4 Å². The van der Waals surface area contributed by atoms with Crippen molar-refractivity contribution in [2.24, 2.45) is 98.8 Å². The van der Waals surface area contributed by atoms with Gasteiger partial charge in [-0.15, -0.1) is 0 Å². The Morgan fingerprint density at radius 3 is 0.860 bits per heavy atom. The number of nitrogens with zero attached hydrogens (tertiary/aromatic N) is 10. The van der Waals surface area contributed by atoms with Gasteiger partial charge in [0.1, 0.15) is 57.9 Å². The molecule has 40 N–H and O–H groups in total. The maximum atomic E-state index is 13.4. The minimum atomic E-state index is -4.38. The van der Waals surface area contributed by atoms with E-state index in [0.717, 1.165) is 62.3 Å². The Morgan fingerprint density at radius 2 is 0.593 bits per heavy atom. The highest BCUT2D eigenvalue weighted by molar-refractivity contribution is 7.90. The lowest BCUT2D eigenvalue weighted by Gasteiger charge is -2.39. The van der Waals surface area contributed by atoms with E-state index in [-0.39, 0.29) is 172 Å². The summed E-state index contributed by atoms with van der Waals surface area (Å²) >= 11 is 0. The van der Waals surface area contributed by atoms with Crippen LogP contribution in [0.3, 0.4) is 0 Å². The molecule has 150 heavy (non-hydrogen) atoms. The predicted molar refractivity (Wildman–Crippen MR) is 538 cm³/mol. The van der Waals surface area contributed by atoms with Crippen LogP contribution in [0.1, 0.15) is 116 Å². The quantitative estimate of drug-likeness (QED) is 0.0274. The number of carboxylic acids is 10. The lowest BCUT2D eigenvalue weighted by molar-refractivity contribution is -0.145. The van der Waals surface area contributed by atoms with Gasteiger partial charge in [0.15, 0.2) is 0 Å². The number of para-hydroxylation sites is 1. The molecule has 2 saturated carbocycles. The molecule has 9 rings (SSSR count). The van der Waals surface area contributed by atoms with Crippen LogP contribution in [-0.2, 0) is 106 Å². The van der Waals surface area contributed by atoms with Gasteiger partial charge in [-0.1, -0.05) is 101 Å². The molecule has 70 heteroatoms. The SMILES string of the molecule is CC(C)CN(CC(N)C(=O)O)S(=O)(=O)N1C[C@H](CCCB(O)O)[C@](N)(C(=O)O)C1.NC(CN(C1CCC1)S(=O)(=O)N1C[C@H](CCCB(O)O)[C@](N)(C(=O)O)C1)C(=O)O.NC(CN(CC1CC1)S(=O)(=O)N1C[C@H](CCCB(O)O)[C@](N)(C(=O)O)C1)C(=O)O.NC(CN(Cc1ccccc1)S(=O)(=O)N1C[C@H](CCCB(O)O)[C@](N)(C(=O)O)C1)C(=O)O.NC(CN(c1ccccc1)S(=O)(=O)N1C[C@H](CCCB(O)O)[C@](N)(C(=O)O)C1)C(=O)O. The largest absolute Gasteiger partial charge is 0.480 e. The molecule has 0 bridgehead atoms. The van der Waals surface area contributed by atoms with E-state index in [9.17, 15) is 116 Å². The van der Waals surface area contributed by atoms with Gasteiger partial charge >= 0.3 is 105 Å². The van der Waals surface area contributed by atoms with Crippen molar-refractivity contribution >= 4 is 152 Å². The van der Waals surface area contributed by atoms with Gasteiger partial charge in [0.05, 0.1) is 12.2 Å². The zero-order valence-corrected chi connectivity index (χ0v) is 87.0. The Hall–Kier alpha value is -8.15. The number of carbonyl (C=O) groups is 10. The van der Waals surface area contributed by atoms with Crippen molar-refractivity contribution in [3.8, 4) is 0 Å². The first-order chi connectivity index (χ1) is 69.2. The molecule has 15 atom stereocenters. The zero-order chi connectivity index (χ0) is 114. The van der Waals surface area contributed by atoms with Crippen molar-refractivity contribution in [1.29, 1.82) is 0 Å². The number of aliphatic carboxylic acids is 10. The maximum absolute atomic E-state index is 13.4. The van der Waals surface area contributed by atoms with E-state index >= 15 is 0 Å². The molecule has 7 aliphatic rings. The van der Waals surface area contributed by atoms with Crippen molar-refractivity contribution in [3.05, 3.63) is 66.2 Å². The molecule has 0 radical (unpaired) electrons. The van der Waals surface area contributed by atoms with E-state index in [1.807, 2.05) is 0 Å².